The molecule has 0 aliphatic heterocycles. The zero-order chi connectivity index (χ0) is 9.68. The maximum absolute atomic E-state index is 5.66. The minimum atomic E-state index is 0.473. The predicted octanol–water partition coefficient (Wildman–Crippen LogP) is 1.71. The molecule has 0 aliphatic rings. The van der Waals surface area contributed by atoms with Gasteiger partial charge in [0.15, 0.2) is 11.6 Å². The molecule has 0 saturated carbocycles. The number of nitrogen functional groups attached to an aromatic ring is 1. The number of hydrogen-bond acceptors (Lipinski definition) is 4. The van der Waals surface area contributed by atoms with E-state index < -0.39 is 0 Å². The Bertz CT molecular complexity index is 278. The van der Waals surface area contributed by atoms with E-state index in [1.165, 1.54) is 0 Å². The molecule has 0 radical (unpaired) electrons. The predicted molar refractivity (Wildman–Crippen MR) is 57.3 cm³/mol. The van der Waals surface area contributed by atoms with Crippen LogP contribution in [0.3, 0.4) is 0 Å². The second-order valence-corrected chi connectivity index (χ2v) is 3.66. The van der Waals surface area contributed by atoms with Gasteiger partial charge in [-0.15, -0.1) is 0 Å². The topological polar surface area (TPSA) is 48.1 Å². The van der Waals surface area contributed by atoms with E-state index >= 15 is 0 Å². The molecule has 0 fully saturated rings. The summed E-state index contributed by atoms with van der Waals surface area (Å²) in [5, 5.41) is 0. The number of aromatic nitrogens is 1. The molecule has 0 spiro atoms. The first-order chi connectivity index (χ1) is 6.24. The van der Waals surface area contributed by atoms with Gasteiger partial charge in [0.05, 0.1) is 6.61 Å². The standard InChI is InChI=1S/C9H14N2OS/c1-7-3-4-8(9(10)11-7)12-5-6-13-2/h3-4H,5-6H2,1-2H3,(H2,10,11). The van der Waals surface area contributed by atoms with Crippen molar-refractivity contribution in [2.45, 2.75) is 6.92 Å². The quantitative estimate of drug-likeness (QED) is 0.748. The lowest BCUT2D eigenvalue weighted by Crippen LogP contribution is -2.03. The van der Waals surface area contributed by atoms with Crippen molar-refractivity contribution in [1.29, 1.82) is 0 Å². The second-order valence-electron chi connectivity index (χ2n) is 2.68. The summed E-state index contributed by atoms with van der Waals surface area (Å²) in [5.74, 6) is 2.12. The first-order valence-corrected chi connectivity index (χ1v) is 5.48. The maximum Gasteiger partial charge on any atom is 0.166 e. The lowest BCUT2D eigenvalue weighted by Gasteiger charge is -2.07. The van der Waals surface area contributed by atoms with Gasteiger partial charge in [-0.1, -0.05) is 0 Å². The number of anilines is 1. The third kappa shape index (κ3) is 3.14. The van der Waals surface area contributed by atoms with Gasteiger partial charge >= 0.3 is 0 Å². The summed E-state index contributed by atoms with van der Waals surface area (Å²) in [4.78, 5) is 4.10. The molecule has 0 unspecified atom stereocenters. The van der Waals surface area contributed by atoms with Crippen molar-refractivity contribution in [3.05, 3.63) is 17.8 Å². The van der Waals surface area contributed by atoms with Crippen molar-refractivity contribution >= 4 is 17.6 Å². The molecular weight excluding hydrogens is 184 g/mol. The molecule has 72 valence electrons. The van der Waals surface area contributed by atoms with Crippen molar-refractivity contribution in [2.75, 3.05) is 24.3 Å². The lowest BCUT2D eigenvalue weighted by atomic mass is 10.3. The molecule has 0 aliphatic carbocycles. The third-order valence-electron chi connectivity index (χ3n) is 1.57. The molecule has 4 heteroatoms. The van der Waals surface area contributed by atoms with Crippen LogP contribution in [0.2, 0.25) is 0 Å². The van der Waals surface area contributed by atoms with E-state index in [2.05, 4.69) is 4.98 Å². The van der Waals surface area contributed by atoms with Crippen LogP contribution in [0.25, 0.3) is 0 Å². The van der Waals surface area contributed by atoms with E-state index in [0.717, 1.165) is 11.4 Å². The number of ether oxygens (including phenoxy) is 1. The van der Waals surface area contributed by atoms with Gasteiger partial charge in [0.1, 0.15) is 0 Å². The Morgan fingerprint density at radius 3 is 2.92 bits per heavy atom. The zero-order valence-corrected chi connectivity index (χ0v) is 8.73. The maximum atomic E-state index is 5.66. The summed E-state index contributed by atoms with van der Waals surface area (Å²) in [5.41, 5.74) is 6.57. The molecule has 2 N–H and O–H groups in total. The lowest BCUT2D eigenvalue weighted by molar-refractivity contribution is 0.344. The summed E-state index contributed by atoms with van der Waals surface area (Å²) in [7, 11) is 0. The average molecular weight is 198 g/mol. The van der Waals surface area contributed by atoms with Gasteiger partial charge in [-0.05, 0) is 25.3 Å². The van der Waals surface area contributed by atoms with Crippen LogP contribution in [0.5, 0.6) is 5.75 Å². The van der Waals surface area contributed by atoms with E-state index in [1.54, 1.807) is 11.8 Å². The highest BCUT2D eigenvalue weighted by atomic mass is 32.2. The van der Waals surface area contributed by atoms with Crippen molar-refractivity contribution in [3.8, 4) is 5.75 Å². The molecule has 0 aromatic carbocycles. The monoisotopic (exact) mass is 198 g/mol. The molecule has 1 aromatic rings. The minimum absolute atomic E-state index is 0.473. The molecular formula is C9H14N2OS. The zero-order valence-electron chi connectivity index (χ0n) is 7.91. The molecule has 0 amide bonds. The minimum Gasteiger partial charge on any atom is -0.489 e. The van der Waals surface area contributed by atoms with E-state index in [4.69, 9.17) is 10.5 Å². The Morgan fingerprint density at radius 1 is 1.54 bits per heavy atom. The second kappa shape index (κ2) is 4.97. The highest BCUT2D eigenvalue weighted by molar-refractivity contribution is 7.98. The fraction of sp³-hybridized carbons (Fsp3) is 0.444. The number of hydrogen-bond donors (Lipinski definition) is 1. The number of nitrogens with two attached hydrogens (primary N) is 1. The van der Waals surface area contributed by atoms with E-state index in [1.807, 2.05) is 25.3 Å². The average Bonchev–Trinajstić information content (AvgIpc) is 2.09. The van der Waals surface area contributed by atoms with Crippen LogP contribution in [0, 0.1) is 6.92 Å². The summed E-state index contributed by atoms with van der Waals surface area (Å²) >= 11 is 1.74. The van der Waals surface area contributed by atoms with Crippen LogP contribution in [0.1, 0.15) is 5.69 Å². The number of rotatable bonds is 4. The Hall–Kier alpha value is -0.900. The molecule has 1 heterocycles. The first-order valence-electron chi connectivity index (χ1n) is 4.09. The van der Waals surface area contributed by atoms with Gasteiger partial charge in [0.2, 0.25) is 0 Å². The summed E-state index contributed by atoms with van der Waals surface area (Å²) < 4.78 is 5.42. The van der Waals surface area contributed by atoms with Gasteiger partial charge in [-0.25, -0.2) is 4.98 Å². The van der Waals surface area contributed by atoms with Gasteiger partial charge in [-0.2, -0.15) is 11.8 Å². The van der Waals surface area contributed by atoms with Crippen LogP contribution < -0.4 is 10.5 Å². The Morgan fingerprint density at radius 2 is 2.31 bits per heavy atom. The number of pyridine rings is 1. The van der Waals surface area contributed by atoms with Crippen LogP contribution in [0.15, 0.2) is 12.1 Å². The number of thioether (sulfide) groups is 1. The first kappa shape index (κ1) is 10.2. The Balaban J connectivity index is 2.56. The van der Waals surface area contributed by atoms with Crippen molar-refractivity contribution < 1.29 is 4.74 Å². The molecule has 0 bridgehead atoms. The summed E-state index contributed by atoms with van der Waals surface area (Å²) in [6.45, 7) is 2.58. The Kier molecular flexibility index (Phi) is 3.89. The van der Waals surface area contributed by atoms with Gasteiger partial charge in [0, 0.05) is 11.4 Å². The molecule has 13 heavy (non-hydrogen) atoms. The highest BCUT2D eigenvalue weighted by Gasteiger charge is 2.00. The van der Waals surface area contributed by atoms with Crippen LogP contribution in [0.4, 0.5) is 5.82 Å². The fourth-order valence-corrected chi connectivity index (χ4v) is 1.17. The third-order valence-corrected chi connectivity index (χ3v) is 2.15. The molecule has 1 aromatic heterocycles. The molecule has 0 atom stereocenters. The molecule has 3 nitrogen and oxygen atoms in total. The molecule has 0 saturated heterocycles. The largest absolute Gasteiger partial charge is 0.489 e. The van der Waals surface area contributed by atoms with E-state index in [9.17, 15) is 0 Å². The van der Waals surface area contributed by atoms with E-state index in [-0.39, 0.29) is 0 Å². The number of aryl methyl sites for hydroxylation is 1. The van der Waals surface area contributed by atoms with E-state index in [0.29, 0.717) is 18.2 Å². The fourth-order valence-electron chi connectivity index (χ4n) is 0.921. The SMILES string of the molecule is CSCCOc1ccc(C)nc1N. The van der Waals surface area contributed by atoms with Crippen molar-refractivity contribution in [2.24, 2.45) is 0 Å². The van der Waals surface area contributed by atoms with Crippen molar-refractivity contribution in [1.82, 2.24) is 4.98 Å². The highest BCUT2D eigenvalue weighted by Crippen LogP contribution is 2.18. The van der Waals surface area contributed by atoms with Crippen LogP contribution >= 0.6 is 11.8 Å². The van der Waals surface area contributed by atoms with Gasteiger partial charge in [-0.3, -0.25) is 0 Å². The van der Waals surface area contributed by atoms with Gasteiger partial charge < -0.3 is 10.5 Å². The van der Waals surface area contributed by atoms with Crippen LogP contribution in [-0.4, -0.2) is 23.6 Å². The molecule has 1 rings (SSSR count). The normalized spacial score (nSPS) is 10.0. The smallest absolute Gasteiger partial charge is 0.166 e. The van der Waals surface area contributed by atoms with Crippen LogP contribution in [-0.2, 0) is 0 Å². The summed E-state index contributed by atoms with van der Waals surface area (Å²) in [6.07, 6.45) is 2.04. The van der Waals surface area contributed by atoms with Gasteiger partial charge in [0.25, 0.3) is 0 Å². The van der Waals surface area contributed by atoms with Crippen molar-refractivity contribution in [3.63, 3.8) is 0 Å². The number of nitrogens with zero attached hydrogens (tertiary/aromatic N) is 1. The summed E-state index contributed by atoms with van der Waals surface area (Å²) in [6, 6.07) is 3.75. The Labute approximate surface area is 82.7 Å².